The number of benzene rings is 1. The zero-order valence-electron chi connectivity index (χ0n) is 13.2. The van der Waals surface area contributed by atoms with E-state index in [1.54, 1.807) is 10.6 Å². The van der Waals surface area contributed by atoms with Crippen molar-refractivity contribution in [2.45, 2.75) is 27.3 Å². The van der Waals surface area contributed by atoms with Gasteiger partial charge in [0.2, 0.25) is 5.91 Å². The minimum absolute atomic E-state index is 0.161. The Morgan fingerprint density at radius 2 is 2.00 bits per heavy atom. The Labute approximate surface area is 135 Å². The minimum Gasteiger partial charge on any atom is -0.345 e. The van der Waals surface area contributed by atoms with E-state index in [-0.39, 0.29) is 5.91 Å². The molecular formula is C16H20N4OS. The molecule has 0 spiro atoms. The third kappa shape index (κ3) is 3.71. The smallest absolute Gasteiger partial charge is 0.244 e. The van der Waals surface area contributed by atoms with Crippen LogP contribution in [0.4, 0.5) is 0 Å². The summed E-state index contributed by atoms with van der Waals surface area (Å²) < 4.78 is 2.26. The zero-order chi connectivity index (χ0) is 16.3. The normalized spacial score (nSPS) is 11.1. The Balaban J connectivity index is 2.01. The van der Waals surface area contributed by atoms with Crippen LogP contribution < -0.4 is 5.32 Å². The molecule has 1 heterocycles. The summed E-state index contributed by atoms with van der Waals surface area (Å²) in [5.41, 5.74) is 4.68. The number of hydrogen-bond acceptors (Lipinski definition) is 3. The van der Waals surface area contributed by atoms with E-state index in [0.717, 1.165) is 11.1 Å². The van der Waals surface area contributed by atoms with E-state index < -0.39 is 0 Å². The quantitative estimate of drug-likeness (QED) is 0.673. The predicted octanol–water partition coefficient (Wildman–Crippen LogP) is 2.73. The second-order valence-corrected chi connectivity index (χ2v) is 5.73. The molecule has 0 saturated heterocycles. The molecule has 0 unspecified atom stereocenters. The predicted molar refractivity (Wildman–Crippen MR) is 89.9 cm³/mol. The first kappa shape index (κ1) is 16.2. The van der Waals surface area contributed by atoms with Crippen molar-refractivity contribution in [1.29, 1.82) is 0 Å². The number of aryl methyl sites for hydroxylation is 3. The van der Waals surface area contributed by atoms with Gasteiger partial charge in [0, 0.05) is 13.1 Å². The van der Waals surface area contributed by atoms with Crippen molar-refractivity contribution in [3.8, 4) is 0 Å². The van der Waals surface area contributed by atoms with Gasteiger partial charge in [0.05, 0.1) is 6.54 Å². The number of aromatic nitrogens is 3. The van der Waals surface area contributed by atoms with E-state index in [1.165, 1.54) is 11.1 Å². The largest absolute Gasteiger partial charge is 0.345 e. The van der Waals surface area contributed by atoms with Crippen LogP contribution in [0.2, 0.25) is 0 Å². The van der Waals surface area contributed by atoms with Crippen molar-refractivity contribution in [3.63, 3.8) is 0 Å². The van der Waals surface area contributed by atoms with Crippen molar-refractivity contribution in [3.05, 3.63) is 51.1 Å². The number of nitrogens with one attached hydrogen (secondary N) is 2. The number of H-pyrrole nitrogens is 1. The van der Waals surface area contributed by atoms with Gasteiger partial charge in [-0.3, -0.25) is 9.89 Å². The molecule has 1 aromatic heterocycles. The third-order valence-corrected chi connectivity index (χ3v) is 4.05. The monoisotopic (exact) mass is 316 g/mol. The molecule has 2 aromatic rings. The molecule has 0 aliphatic heterocycles. The molecular weight excluding hydrogens is 296 g/mol. The van der Waals surface area contributed by atoms with Crippen LogP contribution in [0.5, 0.6) is 0 Å². The number of aromatic amines is 1. The van der Waals surface area contributed by atoms with Crippen molar-refractivity contribution in [1.82, 2.24) is 20.1 Å². The lowest BCUT2D eigenvalue weighted by atomic mass is 10.0. The van der Waals surface area contributed by atoms with Gasteiger partial charge < -0.3 is 9.88 Å². The zero-order valence-corrected chi connectivity index (χ0v) is 14.0. The number of carbonyl (C=O) groups excluding carboxylic acids is 1. The SMILES string of the molecule is Cc1cc(C)c(C=CC(=O)NCc2n[nH]c(=S)n2C)cc1C. The fourth-order valence-corrected chi connectivity index (χ4v) is 2.24. The van der Waals surface area contributed by atoms with E-state index >= 15 is 0 Å². The van der Waals surface area contributed by atoms with Gasteiger partial charge >= 0.3 is 0 Å². The summed E-state index contributed by atoms with van der Waals surface area (Å²) >= 11 is 5.02. The van der Waals surface area contributed by atoms with Crippen molar-refractivity contribution < 1.29 is 4.79 Å². The average molecular weight is 316 g/mol. The van der Waals surface area contributed by atoms with Crippen LogP contribution in [0.3, 0.4) is 0 Å². The lowest BCUT2D eigenvalue weighted by molar-refractivity contribution is -0.116. The number of nitrogens with zero attached hydrogens (tertiary/aromatic N) is 2. The van der Waals surface area contributed by atoms with Gasteiger partial charge in [-0.05, 0) is 61.3 Å². The van der Waals surface area contributed by atoms with Crippen LogP contribution in [0.25, 0.3) is 6.08 Å². The maximum absolute atomic E-state index is 11.9. The van der Waals surface area contributed by atoms with Gasteiger partial charge in [0.1, 0.15) is 0 Å². The maximum Gasteiger partial charge on any atom is 0.244 e. The van der Waals surface area contributed by atoms with Gasteiger partial charge in [-0.2, -0.15) is 5.10 Å². The minimum atomic E-state index is -0.161. The van der Waals surface area contributed by atoms with Crippen LogP contribution in [0.15, 0.2) is 18.2 Å². The highest BCUT2D eigenvalue weighted by Gasteiger charge is 2.04. The molecule has 0 aliphatic carbocycles. The Bertz CT molecular complexity index is 786. The van der Waals surface area contributed by atoms with E-state index in [9.17, 15) is 4.79 Å². The van der Waals surface area contributed by atoms with E-state index in [1.807, 2.05) is 20.0 Å². The van der Waals surface area contributed by atoms with Crippen molar-refractivity contribution >= 4 is 24.2 Å². The summed E-state index contributed by atoms with van der Waals surface area (Å²) in [5.74, 6) is 0.528. The highest BCUT2D eigenvalue weighted by molar-refractivity contribution is 7.71. The summed E-state index contributed by atoms with van der Waals surface area (Å²) in [6, 6.07) is 4.22. The Hall–Kier alpha value is -2.21. The van der Waals surface area contributed by atoms with Gasteiger partial charge in [-0.1, -0.05) is 12.1 Å². The Kier molecular flexibility index (Phi) is 4.92. The summed E-state index contributed by atoms with van der Waals surface area (Å²) in [6.45, 7) is 6.52. The molecule has 0 aliphatic rings. The molecule has 2 N–H and O–H groups in total. The molecule has 6 heteroatoms. The first-order valence-electron chi connectivity index (χ1n) is 7.02. The highest BCUT2D eigenvalue weighted by atomic mass is 32.1. The summed E-state index contributed by atoms with van der Waals surface area (Å²) in [5, 5.41) is 9.53. The fraction of sp³-hybridized carbons (Fsp3) is 0.312. The Morgan fingerprint density at radius 3 is 2.64 bits per heavy atom. The van der Waals surface area contributed by atoms with Gasteiger partial charge in [-0.15, -0.1) is 0 Å². The molecule has 0 fully saturated rings. The summed E-state index contributed by atoms with van der Waals surface area (Å²) in [7, 11) is 1.81. The summed E-state index contributed by atoms with van der Waals surface area (Å²) in [4.78, 5) is 11.9. The molecule has 0 saturated carbocycles. The molecule has 0 atom stereocenters. The topological polar surface area (TPSA) is 62.7 Å². The average Bonchev–Trinajstić information content (AvgIpc) is 2.79. The number of rotatable bonds is 4. The first-order chi connectivity index (χ1) is 10.4. The Morgan fingerprint density at radius 1 is 1.32 bits per heavy atom. The molecule has 0 bridgehead atoms. The number of carbonyl (C=O) groups is 1. The van der Waals surface area contributed by atoms with Crippen molar-refractivity contribution in [2.24, 2.45) is 7.05 Å². The lowest BCUT2D eigenvalue weighted by Crippen LogP contribution is -2.22. The molecule has 1 aromatic carbocycles. The fourth-order valence-electron chi connectivity index (χ4n) is 2.09. The second-order valence-electron chi connectivity index (χ2n) is 5.35. The molecule has 0 radical (unpaired) electrons. The standard InChI is InChI=1S/C16H20N4OS/c1-10-7-12(3)13(8-11(10)2)5-6-15(21)17-9-14-18-19-16(22)20(14)4/h5-8H,9H2,1-4H3,(H,17,21)(H,19,22). The lowest BCUT2D eigenvalue weighted by Gasteiger charge is -2.06. The molecule has 22 heavy (non-hydrogen) atoms. The third-order valence-electron chi connectivity index (χ3n) is 3.69. The van der Waals surface area contributed by atoms with Crippen LogP contribution >= 0.6 is 12.2 Å². The van der Waals surface area contributed by atoms with E-state index in [4.69, 9.17) is 12.2 Å². The van der Waals surface area contributed by atoms with Crippen LogP contribution in [-0.2, 0) is 18.4 Å². The number of hydrogen-bond donors (Lipinski definition) is 2. The molecule has 2 rings (SSSR count). The molecule has 1 amide bonds. The summed E-state index contributed by atoms with van der Waals surface area (Å²) in [6.07, 6.45) is 3.37. The van der Waals surface area contributed by atoms with Crippen LogP contribution in [0, 0.1) is 25.5 Å². The van der Waals surface area contributed by atoms with Gasteiger partial charge in [0.25, 0.3) is 0 Å². The second kappa shape index (κ2) is 6.70. The van der Waals surface area contributed by atoms with Crippen LogP contribution in [0.1, 0.15) is 28.1 Å². The van der Waals surface area contributed by atoms with Gasteiger partial charge in [-0.25, -0.2) is 0 Å². The highest BCUT2D eigenvalue weighted by Crippen LogP contribution is 2.16. The maximum atomic E-state index is 11.9. The van der Waals surface area contributed by atoms with E-state index in [0.29, 0.717) is 17.1 Å². The van der Waals surface area contributed by atoms with Gasteiger partial charge in [0.15, 0.2) is 10.6 Å². The van der Waals surface area contributed by atoms with Crippen molar-refractivity contribution in [2.75, 3.05) is 0 Å². The number of amides is 1. The van der Waals surface area contributed by atoms with Crippen LogP contribution in [-0.4, -0.2) is 20.7 Å². The first-order valence-corrected chi connectivity index (χ1v) is 7.43. The van der Waals surface area contributed by atoms with E-state index in [2.05, 4.69) is 41.5 Å². The molecule has 5 nitrogen and oxygen atoms in total. The molecule has 116 valence electrons.